The van der Waals surface area contributed by atoms with Crippen LogP contribution >= 0.6 is 11.8 Å². The van der Waals surface area contributed by atoms with Gasteiger partial charge in [-0.1, -0.05) is 17.3 Å². The third kappa shape index (κ3) is 3.62. The normalized spacial score (nSPS) is 10.6. The first kappa shape index (κ1) is 15.5. The second kappa shape index (κ2) is 7.24. The van der Waals surface area contributed by atoms with Crippen LogP contribution in [0.5, 0.6) is 0 Å². The predicted molar refractivity (Wildman–Crippen MR) is 81.4 cm³/mol. The number of carbonyl (C=O) groups is 1. The minimum Gasteiger partial charge on any atom is -0.464 e. The Hall–Kier alpha value is -1.86. The maximum Gasteiger partial charge on any atom is 0.360 e. The van der Waals surface area contributed by atoms with E-state index in [4.69, 9.17) is 10.5 Å². The molecule has 0 unspecified atom stereocenters. The van der Waals surface area contributed by atoms with Gasteiger partial charge in [0.15, 0.2) is 5.69 Å². The van der Waals surface area contributed by atoms with E-state index in [0.717, 1.165) is 5.56 Å². The molecule has 0 fully saturated rings. The third-order valence-electron chi connectivity index (χ3n) is 3.09. The number of ether oxygens (including phenoxy) is 1. The summed E-state index contributed by atoms with van der Waals surface area (Å²) in [6.45, 7) is 0.969. The minimum absolute atomic E-state index is 0.240. The van der Waals surface area contributed by atoms with Gasteiger partial charge >= 0.3 is 5.97 Å². The number of benzene rings is 1. The maximum atomic E-state index is 11.7. The molecule has 2 N–H and O–H groups in total. The molecule has 0 amide bonds. The van der Waals surface area contributed by atoms with Crippen molar-refractivity contribution >= 4 is 17.7 Å². The van der Waals surface area contributed by atoms with Gasteiger partial charge in [-0.15, -0.1) is 16.9 Å². The molecular weight excluding hydrogens is 288 g/mol. The number of nitrogens with two attached hydrogens (primary N) is 1. The lowest BCUT2D eigenvalue weighted by Crippen LogP contribution is -2.14. The second-order valence-corrected chi connectivity index (χ2v) is 5.30. The number of rotatable bonds is 6. The van der Waals surface area contributed by atoms with Crippen molar-refractivity contribution in [3.63, 3.8) is 0 Å². The molecule has 0 aliphatic rings. The van der Waals surface area contributed by atoms with Crippen LogP contribution < -0.4 is 5.73 Å². The van der Waals surface area contributed by atoms with Crippen molar-refractivity contribution in [3.8, 4) is 0 Å². The topological polar surface area (TPSA) is 83.0 Å². The maximum absolute atomic E-state index is 11.7. The van der Waals surface area contributed by atoms with Gasteiger partial charge in [0.25, 0.3) is 0 Å². The van der Waals surface area contributed by atoms with E-state index in [1.54, 1.807) is 16.4 Å². The standard InChI is InChI=1S/C14H18N4O2S/c1-20-14(19)13-12(7-8-15)18(17-16-13)9-10-3-5-11(21-2)6-4-10/h3-6H,7-9,15H2,1-2H3. The Morgan fingerprint density at radius 3 is 2.67 bits per heavy atom. The predicted octanol–water partition coefficient (Wildman–Crippen LogP) is 1.34. The molecule has 1 aromatic heterocycles. The van der Waals surface area contributed by atoms with Gasteiger partial charge in [-0.3, -0.25) is 0 Å². The van der Waals surface area contributed by atoms with Crippen molar-refractivity contribution in [2.24, 2.45) is 5.73 Å². The molecule has 112 valence electrons. The van der Waals surface area contributed by atoms with Crippen LogP contribution in [-0.4, -0.2) is 40.9 Å². The number of hydrogen-bond acceptors (Lipinski definition) is 6. The van der Waals surface area contributed by atoms with Crippen LogP contribution in [0.25, 0.3) is 0 Å². The van der Waals surface area contributed by atoms with Crippen LogP contribution in [-0.2, 0) is 17.7 Å². The Morgan fingerprint density at radius 1 is 1.38 bits per heavy atom. The number of methoxy groups -OCH3 is 1. The van der Waals surface area contributed by atoms with Crippen LogP contribution in [0, 0.1) is 0 Å². The van der Waals surface area contributed by atoms with Crippen LogP contribution in [0.2, 0.25) is 0 Å². The summed E-state index contributed by atoms with van der Waals surface area (Å²) in [5, 5.41) is 7.96. The quantitative estimate of drug-likeness (QED) is 0.640. The number of hydrogen-bond donors (Lipinski definition) is 1. The van der Waals surface area contributed by atoms with E-state index in [2.05, 4.69) is 22.4 Å². The van der Waals surface area contributed by atoms with Gasteiger partial charge in [-0.2, -0.15) is 0 Å². The zero-order valence-corrected chi connectivity index (χ0v) is 12.9. The molecule has 2 rings (SSSR count). The fourth-order valence-corrected chi connectivity index (χ4v) is 2.41. The van der Waals surface area contributed by atoms with Gasteiger partial charge < -0.3 is 10.5 Å². The SMILES string of the molecule is COC(=O)c1nnn(Cc2ccc(SC)cc2)c1CCN. The third-order valence-corrected chi connectivity index (χ3v) is 3.83. The van der Waals surface area contributed by atoms with Crippen molar-refractivity contribution in [1.82, 2.24) is 15.0 Å². The van der Waals surface area contributed by atoms with Crippen molar-refractivity contribution in [2.75, 3.05) is 19.9 Å². The van der Waals surface area contributed by atoms with Gasteiger partial charge in [0, 0.05) is 11.3 Å². The number of carbonyl (C=O) groups excluding carboxylic acids is 1. The molecule has 0 saturated carbocycles. The second-order valence-electron chi connectivity index (χ2n) is 4.42. The Labute approximate surface area is 127 Å². The Morgan fingerprint density at radius 2 is 2.10 bits per heavy atom. The summed E-state index contributed by atoms with van der Waals surface area (Å²) in [6.07, 6.45) is 2.56. The van der Waals surface area contributed by atoms with E-state index >= 15 is 0 Å². The highest BCUT2D eigenvalue weighted by molar-refractivity contribution is 7.98. The first-order chi connectivity index (χ1) is 10.2. The van der Waals surface area contributed by atoms with Gasteiger partial charge in [-0.25, -0.2) is 9.48 Å². The lowest BCUT2D eigenvalue weighted by atomic mass is 10.2. The smallest absolute Gasteiger partial charge is 0.360 e. The zero-order chi connectivity index (χ0) is 15.2. The molecule has 21 heavy (non-hydrogen) atoms. The first-order valence-corrected chi connectivity index (χ1v) is 7.75. The molecule has 7 heteroatoms. The largest absolute Gasteiger partial charge is 0.464 e. The van der Waals surface area contributed by atoms with E-state index in [1.807, 2.05) is 18.4 Å². The molecule has 0 spiro atoms. The Bertz CT molecular complexity index is 610. The van der Waals surface area contributed by atoms with Crippen molar-refractivity contribution in [3.05, 3.63) is 41.2 Å². The van der Waals surface area contributed by atoms with E-state index in [0.29, 0.717) is 25.2 Å². The molecule has 0 radical (unpaired) electrons. The highest BCUT2D eigenvalue weighted by atomic mass is 32.2. The lowest BCUT2D eigenvalue weighted by molar-refractivity contribution is 0.0592. The van der Waals surface area contributed by atoms with Gasteiger partial charge in [0.1, 0.15) is 0 Å². The van der Waals surface area contributed by atoms with Gasteiger partial charge in [0.2, 0.25) is 0 Å². The molecule has 0 aliphatic heterocycles. The molecule has 0 aliphatic carbocycles. The summed E-state index contributed by atoms with van der Waals surface area (Å²) in [4.78, 5) is 12.9. The van der Waals surface area contributed by atoms with Crippen LogP contribution in [0.1, 0.15) is 21.7 Å². The molecule has 0 atom stereocenters. The molecular formula is C14H18N4O2S. The van der Waals surface area contributed by atoms with E-state index in [-0.39, 0.29) is 5.69 Å². The van der Waals surface area contributed by atoms with Gasteiger partial charge in [-0.05, 0) is 30.5 Å². The summed E-state index contributed by atoms with van der Waals surface area (Å²) in [6, 6.07) is 8.19. The monoisotopic (exact) mass is 306 g/mol. The fraction of sp³-hybridized carbons (Fsp3) is 0.357. The molecule has 1 aromatic carbocycles. The van der Waals surface area contributed by atoms with E-state index in [1.165, 1.54) is 12.0 Å². The fourth-order valence-electron chi connectivity index (χ4n) is 2.00. The van der Waals surface area contributed by atoms with Gasteiger partial charge in [0.05, 0.1) is 19.3 Å². The summed E-state index contributed by atoms with van der Waals surface area (Å²) in [7, 11) is 1.33. The molecule has 0 saturated heterocycles. The molecule has 6 nitrogen and oxygen atoms in total. The van der Waals surface area contributed by atoms with Crippen LogP contribution in [0.3, 0.4) is 0 Å². The van der Waals surface area contributed by atoms with Crippen molar-refractivity contribution in [1.29, 1.82) is 0 Å². The van der Waals surface area contributed by atoms with Crippen LogP contribution in [0.4, 0.5) is 0 Å². The lowest BCUT2D eigenvalue weighted by Gasteiger charge is -2.07. The summed E-state index contributed by atoms with van der Waals surface area (Å²) in [5.74, 6) is -0.484. The number of esters is 1. The highest BCUT2D eigenvalue weighted by Gasteiger charge is 2.19. The number of nitrogens with zero attached hydrogens (tertiary/aromatic N) is 3. The van der Waals surface area contributed by atoms with E-state index < -0.39 is 5.97 Å². The van der Waals surface area contributed by atoms with E-state index in [9.17, 15) is 4.79 Å². The molecule has 1 heterocycles. The van der Waals surface area contributed by atoms with Crippen molar-refractivity contribution < 1.29 is 9.53 Å². The Kier molecular flexibility index (Phi) is 5.35. The number of aromatic nitrogens is 3. The molecule has 2 aromatic rings. The average molecular weight is 306 g/mol. The molecule has 0 bridgehead atoms. The minimum atomic E-state index is -0.484. The zero-order valence-electron chi connectivity index (χ0n) is 12.1. The Balaban J connectivity index is 2.25. The summed E-state index contributed by atoms with van der Waals surface area (Å²) >= 11 is 1.69. The van der Waals surface area contributed by atoms with Crippen LogP contribution in [0.15, 0.2) is 29.2 Å². The first-order valence-electron chi connectivity index (χ1n) is 6.53. The summed E-state index contributed by atoms with van der Waals surface area (Å²) < 4.78 is 6.42. The number of thioether (sulfide) groups is 1. The highest BCUT2D eigenvalue weighted by Crippen LogP contribution is 2.16. The average Bonchev–Trinajstić information content (AvgIpc) is 2.90. The summed E-state index contributed by atoms with van der Waals surface area (Å²) in [5.41, 5.74) is 7.64. The van der Waals surface area contributed by atoms with Crippen molar-refractivity contribution in [2.45, 2.75) is 17.9 Å².